The molecule has 1 aromatic carbocycles. The van der Waals surface area contributed by atoms with Crippen LogP contribution in [0.1, 0.15) is 31.7 Å². The molecule has 138 valence electrons. The first-order valence-electron chi connectivity index (χ1n) is 8.25. The summed E-state index contributed by atoms with van der Waals surface area (Å²) >= 11 is 0. The molecule has 0 amide bonds. The van der Waals surface area contributed by atoms with Crippen molar-refractivity contribution in [3.63, 3.8) is 0 Å². The molecule has 1 aliphatic carbocycles. The van der Waals surface area contributed by atoms with Crippen LogP contribution in [0.5, 0.6) is 0 Å². The molecular formula is C18H20F3N5. The van der Waals surface area contributed by atoms with Crippen molar-refractivity contribution in [2.24, 2.45) is 21.7 Å². The van der Waals surface area contributed by atoms with Crippen molar-refractivity contribution in [2.45, 2.75) is 32.4 Å². The fourth-order valence-corrected chi connectivity index (χ4v) is 2.56. The van der Waals surface area contributed by atoms with Crippen LogP contribution in [-0.4, -0.2) is 16.6 Å². The molecule has 1 fully saturated rings. The Kier molecular flexibility index (Phi) is 4.76. The van der Waals surface area contributed by atoms with E-state index in [0.29, 0.717) is 41.2 Å². The monoisotopic (exact) mass is 363 g/mol. The number of nitrogens with two attached hydrogens (primary N) is 1. The second kappa shape index (κ2) is 6.86. The Bertz CT molecular complexity index is 786. The molecule has 5 nitrogen and oxygen atoms in total. The highest BCUT2D eigenvalue weighted by molar-refractivity contribution is 5.95. The smallest absolute Gasteiger partial charge is 0.386 e. The van der Waals surface area contributed by atoms with E-state index < -0.39 is 11.7 Å². The van der Waals surface area contributed by atoms with E-state index in [1.807, 2.05) is 0 Å². The Hall–Kier alpha value is -2.77. The van der Waals surface area contributed by atoms with Crippen LogP contribution in [0.3, 0.4) is 0 Å². The maximum absolute atomic E-state index is 12.7. The maximum Gasteiger partial charge on any atom is 0.416 e. The van der Waals surface area contributed by atoms with Gasteiger partial charge in [0.1, 0.15) is 17.5 Å². The third-order valence-electron chi connectivity index (χ3n) is 4.03. The van der Waals surface area contributed by atoms with Crippen LogP contribution in [0.15, 0.2) is 58.7 Å². The van der Waals surface area contributed by atoms with Crippen molar-refractivity contribution >= 4 is 17.2 Å². The molecule has 1 heterocycles. The van der Waals surface area contributed by atoms with Gasteiger partial charge >= 0.3 is 6.18 Å². The standard InChI is InChI=1S/C18H20F3N5/c1-11-9-17(24-15-7-5-14(6-8-15)18(19,20)21)26(12(2)23-11)25-16(22)10-13-3-4-13/h5-9,13,24H,2-4,10H2,1H3,(H2,22,25). The lowest BCUT2D eigenvalue weighted by atomic mass is 10.2. The number of rotatable bonds is 5. The molecule has 0 radical (unpaired) electrons. The van der Waals surface area contributed by atoms with Crippen molar-refractivity contribution in [2.75, 3.05) is 5.32 Å². The third kappa shape index (κ3) is 4.44. The normalized spacial score (nSPS) is 18.5. The van der Waals surface area contributed by atoms with Gasteiger partial charge in [0.25, 0.3) is 0 Å². The van der Waals surface area contributed by atoms with E-state index in [1.54, 1.807) is 13.0 Å². The van der Waals surface area contributed by atoms with Crippen LogP contribution in [0.25, 0.3) is 0 Å². The van der Waals surface area contributed by atoms with E-state index >= 15 is 0 Å². The molecule has 0 unspecified atom stereocenters. The average molecular weight is 363 g/mol. The number of amidine groups is 1. The molecule has 2 aliphatic rings. The molecule has 26 heavy (non-hydrogen) atoms. The fourth-order valence-electron chi connectivity index (χ4n) is 2.56. The highest BCUT2D eigenvalue weighted by atomic mass is 19.4. The number of anilines is 1. The number of alkyl halides is 3. The lowest BCUT2D eigenvalue weighted by molar-refractivity contribution is -0.137. The van der Waals surface area contributed by atoms with E-state index in [0.717, 1.165) is 25.0 Å². The van der Waals surface area contributed by atoms with Gasteiger partial charge in [-0.3, -0.25) is 0 Å². The zero-order valence-electron chi connectivity index (χ0n) is 14.3. The minimum Gasteiger partial charge on any atom is -0.386 e. The third-order valence-corrected chi connectivity index (χ3v) is 4.03. The Morgan fingerprint density at radius 1 is 1.35 bits per heavy atom. The zero-order valence-corrected chi connectivity index (χ0v) is 14.3. The molecule has 0 saturated heterocycles. The summed E-state index contributed by atoms with van der Waals surface area (Å²) in [6, 6.07) is 4.78. The summed E-state index contributed by atoms with van der Waals surface area (Å²) in [4.78, 5) is 4.27. The van der Waals surface area contributed by atoms with Gasteiger partial charge in [-0.25, -0.2) is 4.99 Å². The largest absolute Gasteiger partial charge is 0.416 e. The Morgan fingerprint density at radius 2 is 2.00 bits per heavy atom. The topological polar surface area (TPSA) is 66.0 Å². The fraction of sp³-hybridized carbons (Fsp3) is 0.333. The van der Waals surface area contributed by atoms with E-state index in [9.17, 15) is 13.2 Å². The van der Waals surface area contributed by atoms with Gasteiger partial charge in [-0.2, -0.15) is 23.3 Å². The summed E-state index contributed by atoms with van der Waals surface area (Å²) in [5.41, 5.74) is 6.50. The number of hydrazone groups is 1. The van der Waals surface area contributed by atoms with Crippen molar-refractivity contribution < 1.29 is 13.2 Å². The minimum atomic E-state index is -4.37. The molecule has 0 spiro atoms. The molecule has 1 saturated carbocycles. The van der Waals surface area contributed by atoms with Crippen molar-refractivity contribution in [1.82, 2.24) is 5.01 Å². The summed E-state index contributed by atoms with van der Waals surface area (Å²) in [5.74, 6) is 1.97. The summed E-state index contributed by atoms with van der Waals surface area (Å²) in [6.07, 6.45) is 0.385. The molecule has 1 aliphatic heterocycles. The van der Waals surface area contributed by atoms with Gasteiger partial charge in [-0.05, 0) is 49.9 Å². The zero-order chi connectivity index (χ0) is 18.9. The summed E-state index contributed by atoms with van der Waals surface area (Å²) in [6.45, 7) is 5.68. The number of halogens is 3. The summed E-state index contributed by atoms with van der Waals surface area (Å²) < 4.78 is 38.1. The SMILES string of the molecule is C=C1N=C(C)C=C(Nc2ccc(C(F)(F)F)cc2)N1/N=C(\N)CC1CC1. The van der Waals surface area contributed by atoms with Crippen LogP contribution in [0, 0.1) is 5.92 Å². The Balaban J connectivity index is 1.80. The first-order chi connectivity index (χ1) is 12.2. The quantitative estimate of drug-likeness (QED) is 0.606. The van der Waals surface area contributed by atoms with Crippen molar-refractivity contribution in [1.29, 1.82) is 0 Å². The van der Waals surface area contributed by atoms with Gasteiger partial charge < -0.3 is 11.1 Å². The van der Waals surface area contributed by atoms with E-state index in [2.05, 4.69) is 22.0 Å². The predicted octanol–water partition coefficient (Wildman–Crippen LogP) is 4.28. The number of allylic oxidation sites excluding steroid dienone is 1. The van der Waals surface area contributed by atoms with Crippen molar-refractivity contribution in [3.05, 3.63) is 54.1 Å². The van der Waals surface area contributed by atoms with E-state index in [1.165, 1.54) is 17.1 Å². The summed E-state index contributed by atoms with van der Waals surface area (Å²) in [7, 11) is 0. The van der Waals surface area contributed by atoms with Gasteiger partial charge in [-0.1, -0.05) is 6.58 Å². The molecule has 8 heteroatoms. The van der Waals surface area contributed by atoms with Crippen LogP contribution >= 0.6 is 0 Å². The average Bonchev–Trinajstić information content (AvgIpc) is 3.34. The van der Waals surface area contributed by atoms with Crippen LogP contribution < -0.4 is 11.1 Å². The van der Waals surface area contributed by atoms with Crippen LogP contribution in [-0.2, 0) is 6.18 Å². The molecular weight excluding hydrogens is 343 g/mol. The first kappa shape index (κ1) is 18.0. The lowest BCUT2D eigenvalue weighted by Gasteiger charge is -2.26. The predicted molar refractivity (Wildman–Crippen MR) is 96.2 cm³/mol. The van der Waals surface area contributed by atoms with Gasteiger partial charge in [0, 0.05) is 23.9 Å². The molecule has 3 rings (SSSR count). The number of hydrogen-bond acceptors (Lipinski definition) is 4. The lowest BCUT2D eigenvalue weighted by Crippen LogP contribution is -2.28. The van der Waals surface area contributed by atoms with E-state index in [-0.39, 0.29) is 0 Å². The van der Waals surface area contributed by atoms with Gasteiger partial charge in [0.15, 0.2) is 0 Å². The molecule has 3 N–H and O–H groups in total. The van der Waals surface area contributed by atoms with Gasteiger partial charge in [0.2, 0.25) is 0 Å². The minimum absolute atomic E-state index is 0.387. The maximum atomic E-state index is 12.7. The number of aliphatic imine (C=N–C) groups is 1. The molecule has 0 aromatic heterocycles. The summed E-state index contributed by atoms with van der Waals surface area (Å²) in [5, 5.41) is 8.91. The van der Waals surface area contributed by atoms with Gasteiger partial charge in [-0.15, -0.1) is 0 Å². The van der Waals surface area contributed by atoms with Crippen molar-refractivity contribution in [3.8, 4) is 0 Å². The van der Waals surface area contributed by atoms with E-state index in [4.69, 9.17) is 5.73 Å². The van der Waals surface area contributed by atoms with Crippen LogP contribution in [0.4, 0.5) is 18.9 Å². The number of nitrogens with zero attached hydrogens (tertiary/aromatic N) is 3. The number of benzene rings is 1. The number of hydrogen-bond donors (Lipinski definition) is 2. The highest BCUT2D eigenvalue weighted by Gasteiger charge is 2.30. The molecule has 1 aromatic rings. The second-order valence-electron chi connectivity index (χ2n) is 6.45. The first-order valence-corrected chi connectivity index (χ1v) is 8.25. The highest BCUT2D eigenvalue weighted by Crippen LogP contribution is 2.33. The number of nitrogens with one attached hydrogen (secondary N) is 1. The molecule has 0 atom stereocenters. The Labute approximate surface area is 149 Å². The van der Waals surface area contributed by atoms with Crippen LogP contribution in [0.2, 0.25) is 0 Å². The second-order valence-corrected chi connectivity index (χ2v) is 6.45. The molecule has 0 bridgehead atoms. The van der Waals surface area contributed by atoms with Gasteiger partial charge in [0.05, 0.1) is 5.56 Å². The Morgan fingerprint density at radius 3 is 2.58 bits per heavy atom.